The third-order valence-electron chi connectivity index (χ3n) is 2.96. The first-order valence-electron chi connectivity index (χ1n) is 6.78. The van der Waals surface area contributed by atoms with E-state index in [1.165, 1.54) is 0 Å². The van der Waals surface area contributed by atoms with Crippen LogP contribution in [0.1, 0.15) is 31.7 Å². The Morgan fingerprint density at radius 3 is 2.89 bits per heavy atom. The van der Waals surface area contributed by atoms with Gasteiger partial charge in [-0.2, -0.15) is 0 Å². The molecule has 3 N–H and O–H groups in total. The number of nitrogens with one attached hydrogen (secondary N) is 1. The normalized spacial score (nSPS) is 12.1. The number of anilines is 1. The highest BCUT2D eigenvalue weighted by Gasteiger charge is 2.11. The number of carbonyl (C=O) groups excluding carboxylic acids is 1. The van der Waals surface area contributed by atoms with E-state index in [4.69, 9.17) is 10.5 Å². The Morgan fingerprint density at radius 2 is 2.26 bits per heavy atom. The molecule has 0 aromatic heterocycles. The average molecular weight is 264 g/mol. The zero-order valence-electron chi connectivity index (χ0n) is 11.8. The highest BCUT2D eigenvalue weighted by molar-refractivity contribution is 5.76. The number of hydrogen-bond donors (Lipinski definition) is 2. The van der Waals surface area contributed by atoms with Crippen molar-refractivity contribution in [3.63, 3.8) is 0 Å². The first kappa shape index (κ1) is 15.5. The number of aryl methyl sites for hydroxylation is 1. The molecule has 1 atom stereocenters. The summed E-state index contributed by atoms with van der Waals surface area (Å²) in [6.45, 7) is 2.67. The first-order chi connectivity index (χ1) is 9.15. The molecule has 1 aromatic carbocycles. The minimum Gasteiger partial charge on any atom is -0.399 e. The predicted molar refractivity (Wildman–Crippen MR) is 77.9 cm³/mol. The third kappa shape index (κ3) is 6.25. The maximum atomic E-state index is 11.9. The molecule has 0 spiro atoms. The van der Waals surface area contributed by atoms with E-state index in [-0.39, 0.29) is 11.9 Å². The second kappa shape index (κ2) is 8.53. The Labute approximate surface area is 115 Å². The summed E-state index contributed by atoms with van der Waals surface area (Å²) in [5.74, 6) is 0.0675. The lowest BCUT2D eigenvalue weighted by Crippen LogP contribution is -2.38. The van der Waals surface area contributed by atoms with Gasteiger partial charge in [0.15, 0.2) is 0 Å². The Kier molecular flexibility index (Phi) is 6.97. The largest absolute Gasteiger partial charge is 0.399 e. The molecule has 1 amide bonds. The van der Waals surface area contributed by atoms with Crippen LogP contribution in [0.4, 0.5) is 5.69 Å². The molecule has 19 heavy (non-hydrogen) atoms. The molecule has 0 aliphatic heterocycles. The van der Waals surface area contributed by atoms with Gasteiger partial charge in [0.1, 0.15) is 0 Å². The van der Waals surface area contributed by atoms with E-state index < -0.39 is 0 Å². The fraction of sp³-hybridized carbons (Fsp3) is 0.533. The fourth-order valence-corrected chi connectivity index (χ4v) is 2.05. The number of nitrogens with two attached hydrogens (primary N) is 1. The maximum Gasteiger partial charge on any atom is 0.220 e. The number of nitrogen functional groups attached to an aromatic ring is 1. The standard InChI is InChI=1S/C15H24N2O2/c1-3-5-14(11-19-2)17-15(18)9-8-12-6-4-7-13(16)10-12/h4,6-7,10,14H,3,5,8-9,11,16H2,1-2H3,(H,17,18). The Morgan fingerprint density at radius 1 is 1.47 bits per heavy atom. The molecule has 0 heterocycles. The van der Waals surface area contributed by atoms with Gasteiger partial charge in [0.25, 0.3) is 0 Å². The SMILES string of the molecule is CCCC(COC)NC(=O)CCc1cccc(N)c1. The van der Waals surface area contributed by atoms with Gasteiger partial charge in [-0.05, 0) is 30.5 Å². The molecule has 1 unspecified atom stereocenters. The highest BCUT2D eigenvalue weighted by Crippen LogP contribution is 2.09. The minimum absolute atomic E-state index is 0.0675. The number of hydrogen-bond acceptors (Lipinski definition) is 3. The molecule has 0 aliphatic carbocycles. The van der Waals surface area contributed by atoms with Crippen LogP contribution >= 0.6 is 0 Å². The van der Waals surface area contributed by atoms with E-state index in [2.05, 4.69) is 12.2 Å². The summed E-state index contributed by atoms with van der Waals surface area (Å²) >= 11 is 0. The van der Waals surface area contributed by atoms with Crippen LogP contribution in [0.5, 0.6) is 0 Å². The molecule has 0 aliphatic rings. The van der Waals surface area contributed by atoms with Gasteiger partial charge in [0.05, 0.1) is 12.6 Å². The molecule has 106 valence electrons. The zero-order valence-corrected chi connectivity index (χ0v) is 11.8. The van der Waals surface area contributed by atoms with Crippen LogP contribution in [-0.4, -0.2) is 25.7 Å². The monoisotopic (exact) mass is 264 g/mol. The van der Waals surface area contributed by atoms with Crippen LogP contribution in [-0.2, 0) is 16.0 Å². The summed E-state index contributed by atoms with van der Waals surface area (Å²) in [4.78, 5) is 11.9. The van der Waals surface area contributed by atoms with Crippen LogP contribution in [0.3, 0.4) is 0 Å². The van der Waals surface area contributed by atoms with E-state index in [0.29, 0.717) is 19.4 Å². The second-order valence-electron chi connectivity index (χ2n) is 4.75. The number of amides is 1. The van der Waals surface area contributed by atoms with E-state index in [9.17, 15) is 4.79 Å². The molecule has 1 aromatic rings. The lowest BCUT2D eigenvalue weighted by Gasteiger charge is -2.17. The van der Waals surface area contributed by atoms with Gasteiger partial charge in [-0.25, -0.2) is 0 Å². The van der Waals surface area contributed by atoms with Gasteiger partial charge in [-0.15, -0.1) is 0 Å². The number of benzene rings is 1. The molecule has 0 fully saturated rings. The number of rotatable bonds is 8. The number of methoxy groups -OCH3 is 1. The molecule has 4 nitrogen and oxygen atoms in total. The van der Waals surface area contributed by atoms with E-state index in [0.717, 1.165) is 24.1 Å². The average Bonchev–Trinajstić information content (AvgIpc) is 2.37. The zero-order chi connectivity index (χ0) is 14.1. The molecular formula is C15H24N2O2. The van der Waals surface area contributed by atoms with Crippen molar-refractivity contribution < 1.29 is 9.53 Å². The summed E-state index contributed by atoms with van der Waals surface area (Å²) in [7, 11) is 1.65. The van der Waals surface area contributed by atoms with Crippen molar-refractivity contribution in [1.82, 2.24) is 5.32 Å². The molecule has 0 bridgehead atoms. The van der Waals surface area contributed by atoms with E-state index >= 15 is 0 Å². The smallest absolute Gasteiger partial charge is 0.220 e. The number of ether oxygens (including phenoxy) is 1. The second-order valence-corrected chi connectivity index (χ2v) is 4.75. The summed E-state index contributed by atoms with van der Waals surface area (Å²) < 4.78 is 5.10. The first-order valence-corrected chi connectivity index (χ1v) is 6.78. The van der Waals surface area contributed by atoms with Gasteiger partial charge in [-0.1, -0.05) is 25.5 Å². The lowest BCUT2D eigenvalue weighted by molar-refractivity contribution is -0.122. The van der Waals surface area contributed by atoms with Gasteiger partial charge < -0.3 is 15.8 Å². The van der Waals surface area contributed by atoms with Crippen LogP contribution in [0.15, 0.2) is 24.3 Å². The summed E-state index contributed by atoms with van der Waals surface area (Å²) in [6, 6.07) is 7.77. The molecule has 1 rings (SSSR count). The van der Waals surface area contributed by atoms with Crippen molar-refractivity contribution in [3.8, 4) is 0 Å². The van der Waals surface area contributed by atoms with Gasteiger partial charge in [0, 0.05) is 19.2 Å². The van der Waals surface area contributed by atoms with E-state index in [1.807, 2.05) is 24.3 Å². The summed E-state index contributed by atoms with van der Waals surface area (Å²) in [5.41, 5.74) is 7.54. The Bertz CT molecular complexity index is 387. The summed E-state index contributed by atoms with van der Waals surface area (Å²) in [6.07, 6.45) is 3.16. The van der Waals surface area contributed by atoms with Crippen LogP contribution in [0.25, 0.3) is 0 Å². The topological polar surface area (TPSA) is 64.3 Å². The minimum atomic E-state index is 0.0675. The van der Waals surface area contributed by atoms with Crippen LogP contribution in [0, 0.1) is 0 Å². The fourth-order valence-electron chi connectivity index (χ4n) is 2.05. The van der Waals surface area contributed by atoms with Crippen molar-refractivity contribution >= 4 is 11.6 Å². The van der Waals surface area contributed by atoms with Crippen molar-refractivity contribution in [2.45, 2.75) is 38.6 Å². The molecule has 0 saturated heterocycles. The molecule has 4 heteroatoms. The number of carbonyl (C=O) groups is 1. The maximum absolute atomic E-state index is 11.9. The van der Waals surface area contributed by atoms with Crippen molar-refractivity contribution in [2.24, 2.45) is 0 Å². The highest BCUT2D eigenvalue weighted by atomic mass is 16.5. The Balaban J connectivity index is 2.37. The van der Waals surface area contributed by atoms with Crippen molar-refractivity contribution in [2.75, 3.05) is 19.5 Å². The predicted octanol–water partition coefficient (Wildman–Crippen LogP) is 2.13. The van der Waals surface area contributed by atoms with Crippen LogP contribution in [0.2, 0.25) is 0 Å². The van der Waals surface area contributed by atoms with Crippen LogP contribution < -0.4 is 11.1 Å². The molecular weight excluding hydrogens is 240 g/mol. The van der Waals surface area contributed by atoms with Crippen molar-refractivity contribution in [3.05, 3.63) is 29.8 Å². The Hall–Kier alpha value is -1.55. The quantitative estimate of drug-likeness (QED) is 0.707. The van der Waals surface area contributed by atoms with Gasteiger partial charge in [-0.3, -0.25) is 4.79 Å². The third-order valence-corrected chi connectivity index (χ3v) is 2.96. The lowest BCUT2D eigenvalue weighted by atomic mass is 10.1. The molecule has 0 radical (unpaired) electrons. The summed E-state index contributed by atoms with van der Waals surface area (Å²) in [5, 5.41) is 3.01. The van der Waals surface area contributed by atoms with Gasteiger partial charge in [0.2, 0.25) is 5.91 Å². The molecule has 0 saturated carbocycles. The van der Waals surface area contributed by atoms with E-state index in [1.54, 1.807) is 7.11 Å². The van der Waals surface area contributed by atoms with Gasteiger partial charge >= 0.3 is 0 Å². The van der Waals surface area contributed by atoms with Crippen molar-refractivity contribution in [1.29, 1.82) is 0 Å².